The molecular formula is C13H10Cl2FN3O2. The molecule has 0 aliphatic rings. The standard InChI is InChI=1S/C13H10Cl2FN3O2/c1-2-21-10-4-3-7(5-9(10)16)17-13(20)8-6-11(14)18-19-12(8)15/h3-6H,2H2,1H3,(H,17,20). The fourth-order valence-electron chi connectivity index (χ4n) is 1.56. The predicted octanol–water partition coefficient (Wildman–Crippen LogP) is 3.57. The third-order valence-corrected chi connectivity index (χ3v) is 2.92. The zero-order valence-electron chi connectivity index (χ0n) is 10.9. The van der Waals surface area contributed by atoms with Gasteiger partial charge in [0.1, 0.15) is 0 Å². The summed E-state index contributed by atoms with van der Waals surface area (Å²) in [6.45, 7) is 2.09. The number of anilines is 1. The van der Waals surface area contributed by atoms with Gasteiger partial charge < -0.3 is 10.1 Å². The van der Waals surface area contributed by atoms with Crippen molar-refractivity contribution in [1.82, 2.24) is 10.2 Å². The van der Waals surface area contributed by atoms with Crippen molar-refractivity contribution in [2.75, 3.05) is 11.9 Å². The molecular weight excluding hydrogens is 320 g/mol. The number of aromatic nitrogens is 2. The zero-order valence-corrected chi connectivity index (χ0v) is 12.4. The summed E-state index contributed by atoms with van der Waals surface area (Å²) in [4.78, 5) is 12.0. The molecule has 2 aromatic rings. The smallest absolute Gasteiger partial charge is 0.258 e. The van der Waals surface area contributed by atoms with Crippen molar-refractivity contribution in [2.24, 2.45) is 0 Å². The normalized spacial score (nSPS) is 10.3. The van der Waals surface area contributed by atoms with Crippen LogP contribution in [-0.4, -0.2) is 22.7 Å². The van der Waals surface area contributed by atoms with Crippen molar-refractivity contribution in [2.45, 2.75) is 6.92 Å². The molecule has 21 heavy (non-hydrogen) atoms. The van der Waals surface area contributed by atoms with Gasteiger partial charge in [0.25, 0.3) is 5.91 Å². The van der Waals surface area contributed by atoms with Gasteiger partial charge in [0.05, 0.1) is 12.2 Å². The molecule has 0 fully saturated rings. The molecule has 0 bridgehead atoms. The molecule has 0 atom stereocenters. The number of ether oxygens (including phenoxy) is 1. The molecule has 0 unspecified atom stereocenters. The average Bonchev–Trinajstić information content (AvgIpc) is 2.44. The molecule has 0 aliphatic heterocycles. The minimum atomic E-state index is -0.577. The van der Waals surface area contributed by atoms with Gasteiger partial charge in [0, 0.05) is 11.8 Å². The minimum absolute atomic E-state index is 0.0300. The van der Waals surface area contributed by atoms with E-state index in [1.807, 2.05) is 0 Å². The first-order chi connectivity index (χ1) is 10.0. The summed E-state index contributed by atoms with van der Waals surface area (Å²) in [6.07, 6.45) is 0. The van der Waals surface area contributed by atoms with Crippen molar-refractivity contribution >= 4 is 34.8 Å². The van der Waals surface area contributed by atoms with E-state index in [1.54, 1.807) is 6.92 Å². The fraction of sp³-hybridized carbons (Fsp3) is 0.154. The summed E-state index contributed by atoms with van der Waals surface area (Å²) in [5.41, 5.74) is 0.302. The first-order valence-corrected chi connectivity index (χ1v) is 6.69. The Morgan fingerprint density at radius 1 is 1.33 bits per heavy atom. The Balaban J connectivity index is 2.19. The highest BCUT2D eigenvalue weighted by atomic mass is 35.5. The van der Waals surface area contributed by atoms with E-state index >= 15 is 0 Å². The van der Waals surface area contributed by atoms with E-state index in [1.165, 1.54) is 18.2 Å². The highest BCUT2D eigenvalue weighted by molar-refractivity contribution is 6.34. The van der Waals surface area contributed by atoms with E-state index in [-0.39, 0.29) is 27.3 Å². The number of carbonyl (C=O) groups is 1. The fourth-order valence-corrected chi connectivity index (χ4v) is 1.89. The highest BCUT2D eigenvalue weighted by Gasteiger charge is 2.14. The average molecular weight is 330 g/mol. The van der Waals surface area contributed by atoms with Crippen molar-refractivity contribution in [3.05, 3.63) is 46.0 Å². The number of nitrogens with zero attached hydrogens (tertiary/aromatic N) is 2. The van der Waals surface area contributed by atoms with Gasteiger partial charge in [-0.2, -0.15) is 0 Å². The quantitative estimate of drug-likeness (QED) is 0.931. The van der Waals surface area contributed by atoms with E-state index in [2.05, 4.69) is 15.5 Å². The van der Waals surface area contributed by atoms with Gasteiger partial charge in [0.15, 0.2) is 21.9 Å². The maximum atomic E-state index is 13.7. The summed E-state index contributed by atoms with van der Waals surface area (Å²) >= 11 is 11.4. The molecule has 8 heteroatoms. The molecule has 1 aromatic heterocycles. The Morgan fingerprint density at radius 3 is 2.76 bits per heavy atom. The van der Waals surface area contributed by atoms with E-state index in [0.29, 0.717) is 6.61 Å². The van der Waals surface area contributed by atoms with Crippen molar-refractivity contribution in [3.63, 3.8) is 0 Å². The Kier molecular flexibility index (Phi) is 4.93. The van der Waals surface area contributed by atoms with Crippen LogP contribution in [0.15, 0.2) is 24.3 Å². The lowest BCUT2D eigenvalue weighted by atomic mass is 10.2. The molecule has 1 aromatic carbocycles. The lowest BCUT2D eigenvalue weighted by molar-refractivity contribution is 0.102. The number of amides is 1. The Bertz CT molecular complexity index is 682. The Hall–Kier alpha value is -1.92. The molecule has 0 radical (unpaired) electrons. The number of rotatable bonds is 4. The van der Waals surface area contributed by atoms with Crippen LogP contribution in [-0.2, 0) is 0 Å². The topological polar surface area (TPSA) is 64.1 Å². The van der Waals surface area contributed by atoms with Crippen LogP contribution in [0.3, 0.4) is 0 Å². The van der Waals surface area contributed by atoms with Crippen LogP contribution in [0, 0.1) is 5.82 Å². The largest absolute Gasteiger partial charge is 0.491 e. The summed E-state index contributed by atoms with van der Waals surface area (Å²) in [5, 5.41) is 9.45. The second-order valence-electron chi connectivity index (χ2n) is 3.90. The Morgan fingerprint density at radius 2 is 2.10 bits per heavy atom. The first kappa shape index (κ1) is 15.5. The third kappa shape index (κ3) is 3.80. The predicted molar refractivity (Wildman–Crippen MR) is 77.6 cm³/mol. The number of carbonyl (C=O) groups excluding carboxylic acids is 1. The van der Waals surface area contributed by atoms with E-state index < -0.39 is 11.7 Å². The molecule has 0 spiro atoms. The van der Waals surface area contributed by atoms with Crippen LogP contribution >= 0.6 is 23.2 Å². The number of halogens is 3. The molecule has 110 valence electrons. The highest BCUT2D eigenvalue weighted by Crippen LogP contribution is 2.22. The lowest BCUT2D eigenvalue weighted by Crippen LogP contribution is -2.13. The van der Waals surface area contributed by atoms with Gasteiger partial charge in [-0.15, -0.1) is 10.2 Å². The van der Waals surface area contributed by atoms with Crippen LogP contribution in [0.2, 0.25) is 10.3 Å². The minimum Gasteiger partial charge on any atom is -0.491 e. The van der Waals surface area contributed by atoms with E-state index in [0.717, 1.165) is 6.07 Å². The monoisotopic (exact) mass is 329 g/mol. The molecule has 1 N–H and O–H groups in total. The second kappa shape index (κ2) is 6.69. The van der Waals surface area contributed by atoms with Crippen LogP contribution in [0.4, 0.5) is 10.1 Å². The Labute approximate surface area is 130 Å². The van der Waals surface area contributed by atoms with Crippen LogP contribution in [0.5, 0.6) is 5.75 Å². The van der Waals surface area contributed by atoms with Crippen molar-refractivity contribution in [1.29, 1.82) is 0 Å². The van der Waals surface area contributed by atoms with Gasteiger partial charge in [-0.25, -0.2) is 4.39 Å². The second-order valence-corrected chi connectivity index (χ2v) is 4.65. The number of nitrogens with one attached hydrogen (secondary N) is 1. The van der Waals surface area contributed by atoms with Gasteiger partial charge >= 0.3 is 0 Å². The lowest BCUT2D eigenvalue weighted by Gasteiger charge is -2.09. The summed E-state index contributed by atoms with van der Waals surface area (Å²) < 4.78 is 18.8. The summed E-state index contributed by atoms with van der Waals surface area (Å²) in [5.74, 6) is -1.03. The maximum absolute atomic E-state index is 13.7. The van der Waals surface area contributed by atoms with Crippen LogP contribution in [0.1, 0.15) is 17.3 Å². The van der Waals surface area contributed by atoms with Gasteiger partial charge in [-0.05, 0) is 25.1 Å². The molecule has 1 heterocycles. The van der Waals surface area contributed by atoms with Gasteiger partial charge in [-0.1, -0.05) is 23.2 Å². The van der Waals surface area contributed by atoms with Crippen LogP contribution in [0.25, 0.3) is 0 Å². The van der Waals surface area contributed by atoms with Gasteiger partial charge in [0.2, 0.25) is 0 Å². The van der Waals surface area contributed by atoms with Crippen molar-refractivity contribution < 1.29 is 13.9 Å². The molecule has 5 nitrogen and oxygen atoms in total. The summed E-state index contributed by atoms with van der Waals surface area (Å²) in [6, 6.07) is 5.36. The van der Waals surface area contributed by atoms with E-state index in [4.69, 9.17) is 27.9 Å². The molecule has 0 saturated carbocycles. The SMILES string of the molecule is CCOc1ccc(NC(=O)c2cc(Cl)nnc2Cl)cc1F. The maximum Gasteiger partial charge on any atom is 0.258 e. The number of hydrogen-bond acceptors (Lipinski definition) is 4. The molecule has 1 amide bonds. The molecule has 2 rings (SSSR count). The summed E-state index contributed by atoms with van der Waals surface area (Å²) in [7, 11) is 0. The zero-order chi connectivity index (χ0) is 15.4. The van der Waals surface area contributed by atoms with E-state index in [9.17, 15) is 9.18 Å². The first-order valence-electron chi connectivity index (χ1n) is 5.93. The number of benzene rings is 1. The molecule has 0 aliphatic carbocycles. The van der Waals surface area contributed by atoms with Gasteiger partial charge in [-0.3, -0.25) is 4.79 Å². The third-order valence-electron chi connectivity index (χ3n) is 2.45. The molecule has 0 saturated heterocycles. The van der Waals surface area contributed by atoms with Crippen molar-refractivity contribution in [3.8, 4) is 5.75 Å². The number of hydrogen-bond donors (Lipinski definition) is 1. The van der Waals surface area contributed by atoms with Crippen LogP contribution < -0.4 is 10.1 Å².